The summed E-state index contributed by atoms with van der Waals surface area (Å²) in [6, 6.07) is 1.01. The number of methoxy groups -OCH3 is 1. The topological polar surface area (TPSA) is 87.3 Å². The number of carbonyl (C=O) groups excluding carboxylic acids is 2. The summed E-state index contributed by atoms with van der Waals surface area (Å²) in [5, 5.41) is 2.72. The summed E-state index contributed by atoms with van der Waals surface area (Å²) < 4.78 is 32.8. The Morgan fingerprint density at radius 3 is 2.83 bits per heavy atom. The Labute approximate surface area is 167 Å². The fourth-order valence-electron chi connectivity index (χ4n) is 3.55. The lowest BCUT2D eigenvalue weighted by Crippen LogP contribution is -2.53. The van der Waals surface area contributed by atoms with Gasteiger partial charge in [-0.1, -0.05) is 26.3 Å². The number of halogens is 2. The molecule has 0 bridgehead atoms. The van der Waals surface area contributed by atoms with Gasteiger partial charge in [0.2, 0.25) is 0 Å². The first-order valence-electron chi connectivity index (χ1n) is 9.49. The maximum absolute atomic E-state index is 14.6. The van der Waals surface area contributed by atoms with Gasteiger partial charge in [0.1, 0.15) is 23.7 Å². The molecule has 0 unspecified atom stereocenters. The normalized spacial score (nSPS) is 18.0. The Morgan fingerprint density at radius 1 is 1.41 bits per heavy atom. The zero-order chi connectivity index (χ0) is 21.1. The number of rotatable bonds is 5. The van der Waals surface area contributed by atoms with Gasteiger partial charge in [0.05, 0.1) is 19.1 Å². The van der Waals surface area contributed by atoms with E-state index in [9.17, 15) is 18.4 Å². The molecule has 3 rings (SSSR count). The predicted molar refractivity (Wildman–Crippen MR) is 101 cm³/mol. The van der Waals surface area contributed by atoms with E-state index in [1.807, 2.05) is 13.8 Å². The number of hydrogen-bond donors (Lipinski definition) is 2. The number of ether oxygens (including phenoxy) is 1. The van der Waals surface area contributed by atoms with Gasteiger partial charge < -0.3 is 19.9 Å². The van der Waals surface area contributed by atoms with E-state index in [1.165, 1.54) is 24.4 Å². The molecule has 2 aromatic rings. The summed E-state index contributed by atoms with van der Waals surface area (Å²) in [4.78, 5) is 34.0. The maximum atomic E-state index is 14.6. The number of imidazole rings is 1. The summed E-state index contributed by atoms with van der Waals surface area (Å²) in [7, 11) is 1.26. The van der Waals surface area contributed by atoms with Gasteiger partial charge in [0.15, 0.2) is 0 Å². The Hall–Kier alpha value is -2.97. The van der Waals surface area contributed by atoms with E-state index in [0.29, 0.717) is 18.5 Å². The van der Waals surface area contributed by atoms with Gasteiger partial charge in [0, 0.05) is 30.3 Å². The van der Waals surface area contributed by atoms with Gasteiger partial charge in [0.25, 0.3) is 0 Å². The van der Waals surface area contributed by atoms with Gasteiger partial charge >= 0.3 is 12.0 Å². The lowest BCUT2D eigenvalue weighted by Gasteiger charge is -2.36. The molecular formula is C20H24F2N4O3. The minimum atomic E-state index is -0.846. The molecule has 0 fully saturated rings. The summed E-state index contributed by atoms with van der Waals surface area (Å²) in [6.07, 6.45) is 2.63. The van der Waals surface area contributed by atoms with Crippen LogP contribution in [0, 0.1) is 17.6 Å². The van der Waals surface area contributed by atoms with Crippen LogP contribution >= 0.6 is 0 Å². The second-order valence-corrected chi connectivity index (χ2v) is 7.11. The van der Waals surface area contributed by atoms with Crippen LogP contribution in [0.15, 0.2) is 24.5 Å². The molecular weight excluding hydrogens is 382 g/mol. The highest BCUT2D eigenvalue weighted by Gasteiger charge is 2.38. The van der Waals surface area contributed by atoms with Crippen molar-refractivity contribution in [3.05, 3.63) is 53.1 Å². The highest BCUT2D eigenvalue weighted by atomic mass is 19.1. The van der Waals surface area contributed by atoms with Crippen molar-refractivity contribution in [2.75, 3.05) is 13.7 Å². The first-order chi connectivity index (χ1) is 13.9. The zero-order valence-electron chi connectivity index (χ0n) is 16.5. The molecule has 0 saturated carbocycles. The van der Waals surface area contributed by atoms with Crippen LogP contribution < -0.4 is 5.32 Å². The number of H-pyrrole nitrogens is 1. The van der Waals surface area contributed by atoms with Crippen LogP contribution in [0.5, 0.6) is 0 Å². The van der Waals surface area contributed by atoms with E-state index in [2.05, 4.69) is 15.3 Å². The third-order valence-corrected chi connectivity index (χ3v) is 5.39. The molecule has 1 aliphatic rings. The fourth-order valence-corrected chi connectivity index (χ4v) is 3.55. The Kier molecular flexibility index (Phi) is 6.14. The van der Waals surface area contributed by atoms with Crippen molar-refractivity contribution >= 4 is 12.0 Å². The Balaban J connectivity index is 1.96. The number of aromatic nitrogens is 2. The van der Waals surface area contributed by atoms with Crippen molar-refractivity contribution in [3.63, 3.8) is 0 Å². The van der Waals surface area contributed by atoms with Crippen LogP contribution in [-0.4, -0.2) is 46.6 Å². The van der Waals surface area contributed by atoms with Crippen molar-refractivity contribution in [1.29, 1.82) is 0 Å². The molecule has 156 valence electrons. The standard InChI is InChI=1S/C20H24F2N4O3/c1-4-11(2)16(19(27)29-3)25-20(28)26-8-7-15-17(24-10-23-15)18(26)13-6-5-12(21)9-14(13)22/h5-6,9-11,16,18H,4,7-8H2,1-3H3,(H,23,24)(H,25,28)/t11-,16+,18-/m1/s1. The lowest BCUT2D eigenvalue weighted by atomic mass is 9.95. The Morgan fingerprint density at radius 2 is 2.17 bits per heavy atom. The van der Waals surface area contributed by atoms with Crippen LogP contribution in [0.1, 0.15) is 43.3 Å². The molecule has 3 atom stereocenters. The summed E-state index contributed by atoms with van der Waals surface area (Å²) in [6.45, 7) is 4.01. The van der Waals surface area contributed by atoms with Crippen molar-refractivity contribution in [1.82, 2.24) is 20.2 Å². The van der Waals surface area contributed by atoms with Crippen molar-refractivity contribution in [2.45, 2.75) is 38.8 Å². The number of benzene rings is 1. The molecule has 0 spiro atoms. The van der Waals surface area contributed by atoms with Gasteiger partial charge in [-0.25, -0.2) is 23.4 Å². The lowest BCUT2D eigenvalue weighted by molar-refractivity contribution is -0.144. The molecule has 0 radical (unpaired) electrons. The fraction of sp³-hybridized carbons (Fsp3) is 0.450. The monoisotopic (exact) mass is 406 g/mol. The summed E-state index contributed by atoms with van der Waals surface area (Å²) in [5.74, 6) is -2.18. The van der Waals surface area contributed by atoms with E-state index < -0.39 is 35.7 Å². The molecule has 1 aromatic carbocycles. The van der Waals surface area contributed by atoms with E-state index in [4.69, 9.17) is 4.74 Å². The quantitative estimate of drug-likeness (QED) is 0.748. The van der Waals surface area contributed by atoms with E-state index in [-0.39, 0.29) is 18.0 Å². The first kappa shape index (κ1) is 20.8. The number of fused-ring (bicyclic) bond motifs is 1. The second-order valence-electron chi connectivity index (χ2n) is 7.11. The number of carbonyl (C=O) groups is 2. The predicted octanol–water partition coefficient (Wildman–Crippen LogP) is 2.93. The largest absolute Gasteiger partial charge is 0.467 e. The van der Waals surface area contributed by atoms with Crippen molar-refractivity contribution in [3.8, 4) is 0 Å². The third kappa shape index (κ3) is 4.08. The van der Waals surface area contributed by atoms with Crippen LogP contribution in [0.25, 0.3) is 0 Å². The number of nitrogens with one attached hydrogen (secondary N) is 2. The molecule has 29 heavy (non-hydrogen) atoms. The van der Waals surface area contributed by atoms with Crippen LogP contribution in [0.3, 0.4) is 0 Å². The first-order valence-corrected chi connectivity index (χ1v) is 9.49. The van der Waals surface area contributed by atoms with E-state index >= 15 is 0 Å². The van der Waals surface area contributed by atoms with Crippen molar-refractivity contribution < 1.29 is 23.1 Å². The molecule has 1 aromatic heterocycles. The minimum Gasteiger partial charge on any atom is -0.467 e. The molecule has 2 heterocycles. The Bertz CT molecular complexity index is 902. The highest BCUT2D eigenvalue weighted by Crippen LogP contribution is 2.35. The van der Waals surface area contributed by atoms with Crippen LogP contribution in [0.2, 0.25) is 0 Å². The van der Waals surface area contributed by atoms with E-state index in [0.717, 1.165) is 17.8 Å². The molecule has 9 heteroatoms. The van der Waals surface area contributed by atoms with Crippen molar-refractivity contribution in [2.24, 2.45) is 5.92 Å². The molecule has 2 N–H and O–H groups in total. The minimum absolute atomic E-state index is 0.132. The second kappa shape index (κ2) is 8.59. The number of esters is 1. The number of hydrogen-bond acceptors (Lipinski definition) is 4. The molecule has 1 aliphatic heterocycles. The molecule has 0 saturated heterocycles. The van der Waals surface area contributed by atoms with Gasteiger partial charge in [-0.3, -0.25) is 0 Å². The molecule has 7 nitrogen and oxygen atoms in total. The molecule has 0 aliphatic carbocycles. The van der Waals surface area contributed by atoms with Gasteiger partial charge in [-0.2, -0.15) is 0 Å². The SMILES string of the molecule is CC[C@@H](C)[C@H](NC(=O)N1CCc2[nH]cnc2[C@H]1c1ccc(F)cc1F)C(=O)OC. The summed E-state index contributed by atoms with van der Waals surface area (Å²) in [5.41, 5.74) is 1.41. The number of amides is 2. The summed E-state index contributed by atoms with van der Waals surface area (Å²) >= 11 is 0. The van der Waals surface area contributed by atoms with Gasteiger partial charge in [-0.05, 0) is 12.0 Å². The van der Waals surface area contributed by atoms with Crippen LogP contribution in [0.4, 0.5) is 13.6 Å². The molecule has 2 amide bonds. The number of urea groups is 1. The highest BCUT2D eigenvalue weighted by molar-refractivity contribution is 5.84. The van der Waals surface area contributed by atoms with E-state index in [1.54, 1.807) is 0 Å². The van der Waals surface area contributed by atoms with Gasteiger partial charge in [-0.15, -0.1) is 0 Å². The average molecular weight is 406 g/mol. The maximum Gasteiger partial charge on any atom is 0.328 e. The smallest absolute Gasteiger partial charge is 0.328 e. The number of nitrogens with zero attached hydrogens (tertiary/aromatic N) is 2. The number of aromatic amines is 1. The average Bonchev–Trinajstić information content (AvgIpc) is 3.19. The zero-order valence-corrected chi connectivity index (χ0v) is 16.5. The van der Waals surface area contributed by atoms with Crippen LogP contribution in [-0.2, 0) is 16.0 Å². The third-order valence-electron chi connectivity index (χ3n) is 5.39.